The SMILES string of the molecule is COCOC(C)(C)COOC. The third kappa shape index (κ3) is 6.25. The molecule has 0 aromatic carbocycles. The predicted octanol–water partition coefficient (Wildman–Crippen LogP) is 0.964. The largest absolute Gasteiger partial charge is 0.359 e. The van der Waals surface area contributed by atoms with Crippen LogP contribution in [0.5, 0.6) is 0 Å². The molecule has 0 unspecified atom stereocenters. The van der Waals surface area contributed by atoms with Crippen LogP contribution in [0.25, 0.3) is 0 Å². The molecular weight excluding hydrogens is 148 g/mol. The topological polar surface area (TPSA) is 36.9 Å². The Hall–Kier alpha value is -0.160. The van der Waals surface area contributed by atoms with Crippen LogP contribution in [0.4, 0.5) is 0 Å². The van der Waals surface area contributed by atoms with E-state index in [1.54, 1.807) is 7.11 Å². The molecule has 0 rings (SSSR count). The molecule has 0 N–H and O–H groups in total. The molecule has 0 amide bonds. The van der Waals surface area contributed by atoms with E-state index in [-0.39, 0.29) is 12.4 Å². The zero-order valence-electron chi connectivity index (χ0n) is 7.55. The van der Waals surface area contributed by atoms with Crippen molar-refractivity contribution in [1.82, 2.24) is 0 Å². The van der Waals surface area contributed by atoms with Crippen LogP contribution in [0.15, 0.2) is 0 Å². The van der Waals surface area contributed by atoms with E-state index in [0.717, 1.165) is 0 Å². The molecule has 0 bridgehead atoms. The lowest BCUT2D eigenvalue weighted by atomic mass is 10.2. The highest BCUT2D eigenvalue weighted by Crippen LogP contribution is 2.08. The lowest BCUT2D eigenvalue weighted by molar-refractivity contribution is -0.303. The minimum absolute atomic E-state index is 0.264. The summed E-state index contributed by atoms with van der Waals surface area (Å²) in [6.07, 6.45) is 0. The molecule has 0 fully saturated rings. The van der Waals surface area contributed by atoms with E-state index in [9.17, 15) is 0 Å². The van der Waals surface area contributed by atoms with Gasteiger partial charge in [-0.3, -0.25) is 0 Å². The molecule has 0 aromatic rings. The maximum absolute atomic E-state index is 5.25. The van der Waals surface area contributed by atoms with Gasteiger partial charge < -0.3 is 9.47 Å². The average molecular weight is 164 g/mol. The molecule has 0 atom stereocenters. The van der Waals surface area contributed by atoms with Crippen LogP contribution in [-0.2, 0) is 19.2 Å². The fourth-order valence-corrected chi connectivity index (χ4v) is 0.461. The Morgan fingerprint density at radius 3 is 2.27 bits per heavy atom. The van der Waals surface area contributed by atoms with E-state index in [1.165, 1.54) is 7.11 Å². The minimum Gasteiger partial charge on any atom is -0.359 e. The molecular formula is C7H16O4. The molecule has 68 valence electrons. The molecule has 4 heteroatoms. The molecule has 0 aliphatic carbocycles. The van der Waals surface area contributed by atoms with Crippen molar-refractivity contribution in [2.45, 2.75) is 19.4 Å². The van der Waals surface area contributed by atoms with Gasteiger partial charge in [0.05, 0.1) is 12.7 Å². The fraction of sp³-hybridized carbons (Fsp3) is 1.00. The van der Waals surface area contributed by atoms with Crippen molar-refractivity contribution in [2.24, 2.45) is 0 Å². The van der Waals surface area contributed by atoms with Crippen molar-refractivity contribution >= 4 is 0 Å². The Bertz CT molecular complexity index is 82.4. The summed E-state index contributed by atoms with van der Waals surface area (Å²) in [7, 11) is 3.04. The van der Waals surface area contributed by atoms with Crippen LogP contribution in [-0.4, -0.2) is 33.2 Å². The van der Waals surface area contributed by atoms with E-state index >= 15 is 0 Å². The minimum atomic E-state index is -0.369. The van der Waals surface area contributed by atoms with Crippen molar-refractivity contribution in [3.8, 4) is 0 Å². The van der Waals surface area contributed by atoms with Gasteiger partial charge in [0, 0.05) is 7.11 Å². The van der Waals surface area contributed by atoms with Gasteiger partial charge in [0.15, 0.2) is 0 Å². The van der Waals surface area contributed by atoms with Gasteiger partial charge >= 0.3 is 0 Å². The van der Waals surface area contributed by atoms with Crippen molar-refractivity contribution in [3.05, 3.63) is 0 Å². The highest BCUT2D eigenvalue weighted by Gasteiger charge is 2.18. The molecule has 0 spiro atoms. The molecule has 11 heavy (non-hydrogen) atoms. The lowest BCUT2D eigenvalue weighted by Gasteiger charge is -2.23. The molecule has 0 saturated carbocycles. The number of hydrogen-bond acceptors (Lipinski definition) is 4. The third-order valence-electron chi connectivity index (χ3n) is 1.09. The summed E-state index contributed by atoms with van der Waals surface area (Å²) in [6.45, 7) is 4.43. The van der Waals surface area contributed by atoms with Gasteiger partial charge in [-0.05, 0) is 13.8 Å². The van der Waals surface area contributed by atoms with Crippen LogP contribution >= 0.6 is 0 Å². The maximum atomic E-state index is 5.25. The normalized spacial score (nSPS) is 12.0. The Labute approximate surface area is 67.3 Å². The summed E-state index contributed by atoms with van der Waals surface area (Å²) in [5.41, 5.74) is -0.369. The van der Waals surface area contributed by atoms with E-state index < -0.39 is 0 Å². The molecule has 0 aromatic heterocycles. The van der Waals surface area contributed by atoms with Crippen molar-refractivity contribution in [3.63, 3.8) is 0 Å². The average Bonchev–Trinajstić information content (AvgIpc) is 1.97. The summed E-state index contributed by atoms with van der Waals surface area (Å²) < 4.78 is 9.99. The Balaban J connectivity index is 3.43. The van der Waals surface area contributed by atoms with Crippen LogP contribution in [0.3, 0.4) is 0 Å². The van der Waals surface area contributed by atoms with E-state index in [1.807, 2.05) is 13.8 Å². The Kier molecular flexibility index (Phi) is 5.41. The molecule has 0 saturated heterocycles. The van der Waals surface area contributed by atoms with E-state index in [0.29, 0.717) is 6.61 Å². The van der Waals surface area contributed by atoms with Crippen LogP contribution in [0, 0.1) is 0 Å². The quantitative estimate of drug-likeness (QED) is 0.333. The molecule has 4 nitrogen and oxygen atoms in total. The summed E-state index contributed by atoms with van der Waals surface area (Å²) in [5, 5.41) is 0. The van der Waals surface area contributed by atoms with Gasteiger partial charge in [0.2, 0.25) is 0 Å². The fourth-order valence-electron chi connectivity index (χ4n) is 0.461. The second-order valence-corrected chi connectivity index (χ2v) is 2.74. The van der Waals surface area contributed by atoms with E-state index in [2.05, 4.69) is 4.89 Å². The summed E-state index contributed by atoms with van der Waals surface area (Å²) in [5.74, 6) is 0. The van der Waals surface area contributed by atoms with Crippen molar-refractivity contribution in [2.75, 3.05) is 27.6 Å². The van der Waals surface area contributed by atoms with Gasteiger partial charge in [-0.25, -0.2) is 9.78 Å². The van der Waals surface area contributed by atoms with Crippen molar-refractivity contribution < 1.29 is 19.2 Å². The highest BCUT2D eigenvalue weighted by atomic mass is 17.2. The zero-order chi connectivity index (χ0) is 8.74. The predicted molar refractivity (Wildman–Crippen MR) is 40.0 cm³/mol. The lowest BCUT2D eigenvalue weighted by Crippen LogP contribution is -2.31. The molecule has 0 aliphatic heterocycles. The summed E-state index contributed by atoms with van der Waals surface area (Å²) in [4.78, 5) is 9.15. The van der Waals surface area contributed by atoms with Gasteiger partial charge in [0.25, 0.3) is 0 Å². The van der Waals surface area contributed by atoms with Gasteiger partial charge in [-0.15, -0.1) is 0 Å². The summed E-state index contributed by atoms with van der Waals surface area (Å²) >= 11 is 0. The van der Waals surface area contributed by atoms with Gasteiger partial charge in [0.1, 0.15) is 13.4 Å². The standard InChI is InChI=1S/C7H16O4/c1-7(2,5-11-9-4)10-6-8-3/h5-6H2,1-4H3. The highest BCUT2D eigenvalue weighted by molar-refractivity contribution is 4.65. The first-order valence-electron chi connectivity index (χ1n) is 3.41. The Morgan fingerprint density at radius 1 is 1.18 bits per heavy atom. The van der Waals surface area contributed by atoms with Crippen LogP contribution < -0.4 is 0 Å². The van der Waals surface area contributed by atoms with Gasteiger partial charge in [-0.2, -0.15) is 0 Å². The van der Waals surface area contributed by atoms with Crippen molar-refractivity contribution in [1.29, 1.82) is 0 Å². The number of methoxy groups -OCH3 is 1. The first kappa shape index (κ1) is 10.8. The number of hydrogen-bond donors (Lipinski definition) is 0. The molecule has 0 aliphatic rings. The first-order chi connectivity index (χ1) is 5.12. The van der Waals surface area contributed by atoms with Gasteiger partial charge in [-0.1, -0.05) is 0 Å². The molecule has 0 radical (unpaired) electrons. The maximum Gasteiger partial charge on any atom is 0.147 e. The summed E-state index contributed by atoms with van der Waals surface area (Å²) in [6, 6.07) is 0. The van der Waals surface area contributed by atoms with Crippen LogP contribution in [0.1, 0.15) is 13.8 Å². The smallest absolute Gasteiger partial charge is 0.147 e. The molecule has 0 heterocycles. The number of ether oxygens (including phenoxy) is 2. The van der Waals surface area contributed by atoms with Crippen LogP contribution in [0.2, 0.25) is 0 Å². The zero-order valence-corrected chi connectivity index (χ0v) is 7.55. The third-order valence-corrected chi connectivity index (χ3v) is 1.09. The second-order valence-electron chi connectivity index (χ2n) is 2.74. The first-order valence-corrected chi connectivity index (χ1v) is 3.41. The Morgan fingerprint density at radius 2 is 1.82 bits per heavy atom. The van der Waals surface area contributed by atoms with E-state index in [4.69, 9.17) is 14.4 Å². The second kappa shape index (κ2) is 5.49. The number of rotatable bonds is 6. The monoisotopic (exact) mass is 164 g/mol.